The Balaban J connectivity index is 1.74. The minimum absolute atomic E-state index is 0.199. The van der Waals surface area contributed by atoms with E-state index in [2.05, 4.69) is 5.32 Å². The molecule has 0 aliphatic carbocycles. The summed E-state index contributed by atoms with van der Waals surface area (Å²) in [5.41, 5.74) is 2.71. The molecule has 0 spiro atoms. The minimum Gasteiger partial charge on any atom is -0.444 e. The number of alkyl carbamates (subject to hydrolysis) is 1. The van der Waals surface area contributed by atoms with E-state index in [9.17, 15) is 14.4 Å². The molecular weight excluding hydrogens is 394 g/mol. The van der Waals surface area contributed by atoms with Gasteiger partial charge in [0.2, 0.25) is 5.91 Å². The molecule has 7 nitrogen and oxygen atoms in total. The van der Waals surface area contributed by atoms with Crippen LogP contribution in [0.5, 0.6) is 0 Å². The van der Waals surface area contributed by atoms with Crippen molar-refractivity contribution in [1.29, 1.82) is 0 Å². The van der Waals surface area contributed by atoms with Gasteiger partial charge in [0.05, 0.1) is 5.69 Å². The first-order valence-corrected chi connectivity index (χ1v) is 10.4. The zero-order valence-electron chi connectivity index (χ0n) is 18.5. The Morgan fingerprint density at radius 3 is 2.35 bits per heavy atom. The molecule has 2 aromatic carbocycles. The Morgan fingerprint density at radius 1 is 1.03 bits per heavy atom. The van der Waals surface area contributed by atoms with Gasteiger partial charge in [0.25, 0.3) is 0 Å². The predicted molar refractivity (Wildman–Crippen MR) is 119 cm³/mol. The minimum atomic E-state index is -0.574. The van der Waals surface area contributed by atoms with E-state index in [0.29, 0.717) is 18.8 Å². The molecule has 0 unspecified atom stereocenters. The zero-order chi connectivity index (χ0) is 22.6. The Kier molecular flexibility index (Phi) is 6.63. The Morgan fingerprint density at radius 2 is 1.68 bits per heavy atom. The fraction of sp³-hybridized carbons (Fsp3) is 0.375. The summed E-state index contributed by atoms with van der Waals surface area (Å²) >= 11 is 0. The van der Waals surface area contributed by atoms with Crippen LogP contribution in [-0.4, -0.2) is 35.1 Å². The highest BCUT2D eigenvalue weighted by molar-refractivity contribution is 6.16. The van der Waals surface area contributed by atoms with Gasteiger partial charge in [-0.25, -0.2) is 14.5 Å². The second kappa shape index (κ2) is 9.20. The number of para-hydroxylation sites is 1. The van der Waals surface area contributed by atoms with Gasteiger partial charge in [-0.2, -0.15) is 0 Å². The molecule has 31 heavy (non-hydrogen) atoms. The van der Waals surface area contributed by atoms with Gasteiger partial charge in [-0.05, 0) is 50.5 Å². The lowest BCUT2D eigenvalue weighted by molar-refractivity contribution is -0.119. The number of hydrogen-bond acceptors (Lipinski definition) is 4. The third-order valence-corrected chi connectivity index (χ3v) is 4.96. The lowest BCUT2D eigenvalue weighted by Gasteiger charge is -2.35. The van der Waals surface area contributed by atoms with Crippen LogP contribution in [0.25, 0.3) is 0 Å². The van der Waals surface area contributed by atoms with Crippen LogP contribution in [0.1, 0.15) is 43.9 Å². The highest BCUT2D eigenvalue weighted by Crippen LogP contribution is 2.26. The number of nitrogens with zero attached hydrogens (tertiary/aromatic N) is 2. The van der Waals surface area contributed by atoms with Crippen molar-refractivity contribution in [2.24, 2.45) is 0 Å². The molecule has 0 aromatic heterocycles. The van der Waals surface area contributed by atoms with Gasteiger partial charge in [-0.3, -0.25) is 4.79 Å². The highest BCUT2D eigenvalue weighted by Gasteiger charge is 2.34. The topological polar surface area (TPSA) is 79.0 Å². The van der Waals surface area contributed by atoms with Crippen molar-refractivity contribution in [3.63, 3.8) is 0 Å². The van der Waals surface area contributed by atoms with Gasteiger partial charge in [0, 0.05) is 26.1 Å². The van der Waals surface area contributed by atoms with Crippen LogP contribution in [0.3, 0.4) is 0 Å². The molecule has 1 heterocycles. The third-order valence-electron chi connectivity index (χ3n) is 4.96. The van der Waals surface area contributed by atoms with Crippen LogP contribution in [0.15, 0.2) is 48.5 Å². The summed E-state index contributed by atoms with van der Waals surface area (Å²) in [7, 11) is 0. The molecule has 3 rings (SSSR count). The Labute approximate surface area is 183 Å². The maximum Gasteiger partial charge on any atom is 0.407 e. The van der Waals surface area contributed by atoms with Crippen molar-refractivity contribution in [1.82, 2.24) is 10.2 Å². The van der Waals surface area contributed by atoms with Crippen molar-refractivity contribution in [2.45, 2.75) is 52.8 Å². The van der Waals surface area contributed by atoms with Gasteiger partial charge in [-0.15, -0.1) is 0 Å². The molecule has 1 saturated heterocycles. The van der Waals surface area contributed by atoms with Gasteiger partial charge in [0.15, 0.2) is 0 Å². The van der Waals surface area contributed by atoms with Crippen molar-refractivity contribution in [3.05, 3.63) is 65.2 Å². The molecule has 0 bridgehead atoms. The lowest BCUT2D eigenvalue weighted by Crippen LogP contribution is -2.52. The number of ether oxygens (including phenoxy) is 1. The normalized spacial score (nSPS) is 14.6. The fourth-order valence-corrected chi connectivity index (χ4v) is 3.46. The summed E-state index contributed by atoms with van der Waals surface area (Å²) in [4.78, 5) is 40.6. The number of nitrogens with one attached hydrogen (secondary N) is 1. The standard InChI is InChI=1S/C24H29N3O4/c1-17-9-5-8-12-20(17)27-21(28)13-14-26(23(27)30)16-19-11-7-6-10-18(19)15-25-22(29)31-24(2,3)4/h5-12H,13-16H2,1-4H3,(H,25,29). The molecule has 1 N–H and O–H groups in total. The van der Waals surface area contributed by atoms with Crippen molar-refractivity contribution >= 4 is 23.7 Å². The number of hydrogen-bond donors (Lipinski definition) is 1. The van der Waals surface area contributed by atoms with Gasteiger partial charge in [-0.1, -0.05) is 42.5 Å². The maximum absolute atomic E-state index is 13.2. The van der Waals surface area contributed by atoms with E-state index in [1.807, 2.05) is 70.2 Å². The molecule has 1 aliphatic rings. The molecule has 0 radical (unpaired) electrons. The van der Waals surface area contributed by atoms with E-state index in [1.54, 1.807) is 11.0 Å². The largest absolute Gasteiger partial charge is 0.444 e. The summed E-state index contributed by atoms with van der Waals surface area (Å²) in [6.45, 7) is 8.30. The monoisotopic (exact) mass is 423 g/mol. The molecule has 164 valence electrons. The first-order chi connectivity index (χ1) is 14.7. The summed E-state index contributed by atoms with van der Waals surface area (Å²) in [5, 5.41) is 2.76. The molecule has 7 heteroatoms. The van der Waals surface area contributed by atoms with Crippen LogP contribution in [-0.2, 0) is 22.6 Å². The predicted octanol–water partition coefficient (Wildman–Crippen LogP) is 4.38. The fourth-order valence-electron chi connectivity index (χ4n) is 3.46. The first kappa shape index (κ1) is 22.3. The van der Waals surface area contributed by atoms with E-state index >= 15 is 0 Å². The first-order valence-electron chi connectivity index (χ1n) is 10.4. The number of urea groups is 1. The quantitative estimate of drug-likeness (QED) is 0.774. The van der Waals surface area contributed by atoms with Crippen molar-refractivity contribution < 1.29 is 19.1 Å². The second-order valence-electron chi connectivity index (χ2n) is 8.59. The van der Waals surface area contributed by atoms with Crippen LogP contribution in [0.2, 0.25) is 0 Å². The van der Waals surface area contributed by atoms with Crippen LogP contribution >= 0.6 is 0 Å². The number of amides is 4. The molecule has 1 fully saturated rings. The van der Waals surface area contributed by atoms with E-state index in [1.165, 1.54) is 4.90 Å². The van der Waals surface area contributed by atoms with Gasteiger partial charge in [0.1, 0.15) is 5.60 Å². The molecule has 1 aliphatic heterocycles. The maximum atomic E-state index is 13.2. The summed E-state index contributed by atoms with van der Waals surface area (Å²) in [6, 6.07) is 14.6. The van der Waals surface area contributed by atoms with Gasteiger partial charge >= 0.3 is 12.1 Å². The van der Waals surface area contributed by atoms with Crippen molar-refractivity contribution in [3.8, 4) is 0 Å². The molecular formula is C24H29N3O4. The summed E-state index contributed by atoms with van der Waals surface area (Å²) < 4.78 is 5.29. The number of carbonyl (C=O) groups is 3. The average Bonchev–Trinajstić information content (AvgIpc) is 2.69. The smallest absolute Gasteiger partial charge is 0.407 e. The number of carbonyl (C=O) groups excluding carboxylic acids is 3. The number of aryl methyl sites for hydroxylation is 1. The second-order valence-corrected chi connectivity index (χ2v) is 8.59. The summed E-state index contributed by atoms with van der Waals surface area (Å²) in [5.74, 6) is -0.199. The number of anilines is 1. The zero-order valence-corrected chi connectivity index (χ0v) is 18.5. The number of imide groups is 1. The number of benzene rings is 2. The van der Waals surface area contributed by atoms with Crippen LogP contribution < -0.4 is 10.2 Å². The number of rotatable bonds is 5. The molecule has 0 saturated carbocycles. The van der Waals surface area contributed by atoms with E-state index < -0.39 is 11.7 Å². The van der Waals surface area contributed by atoms with Crippen molar-refractivity contribution in [2.75, 3.05) is 11.4 Å². The molecule has 4 amide bonds. The Hall–Kier alpha value is -3.35. The highest BCUT2D eigenvalue weighted by atomic mass is 16.6. The molecule has 0 atom stereocenters. The van der Waals surface area contributed by atoms with E-state index in [-0.39, 0.29) is 24.9 Å². The lowest BCUT2D eigenvalue weighted by atomic mass is 10.1. The average molecular weight is 424 g/mol. The van der Waals surface area contributed by atoms with Crippen LogP contribution in [0, 0.1) is 6.92 Å². The Bertz CT molecular complexity index is 981. The molecule has 2 aromatic rings. The van der Waals surface area contributed by atoms with E-state index in [4.69, 9.17) is 4.74 Å². The SMILES string of the molecule is Cc1ccccc1N1C(=O)CCN(Cc2ccccc2CNC(=O)OC(C)(C)C)C1=O. The van der Waals surface area contributed by atoms with Crippen LogP contribution in [0.4, 0.5) is 15.3 Å². The summed E-state index contributed by atoms with van der Waals surface area (Å²) in [6.07, 6.45) is -0.231. The third kappa shape index (κ3) is 5.63. The van der Waals surface area contributed by atoms with E-state index in [0.717, 1.165) is 16.7 Å². The van der Waals surface area contributed by atoms with Gasteiger partial charge < -0.3 is 15.0 Å².